The van der Waals surface area contributed by atoms with Gasteiger partial charge in [0.2, 0.25) is 0 Å². The normalized spacial score (nSPS) is 12.5. The van der Waals surface area contributed by atoms with Crippen molar-refractivity contribution in [2.45, 2.75) is 12.5 Å². The molecule has 1 atom stereocenters. The fraction of sp³-hybridized carbons (Fsp3) is 0.222. The monoisotopic (exact) mass is 266 g/mol. The van der Waals surface area contributed by atoms with Gasteiger partial charge >= 0.3 is 0 Å². The molecule has 0 bridgehead atoms. The van der Waals surface area contributed by atoms with Gasteiger partial charge in [-0.25, -0.2) is 0 Å². The first-order valence-corrected chi connectivity index (χ1v) is 7.01. The molecule has 2 N–H and O–H groups in total. The fourth-order valence-electron chi connectivity index (χ4n) is 2.21. The second-order valence-corrected chi connectivity index (χ2v) is 4.88. The molecular formula is C18H22N2. The third-order valence-corrected chi connectivity index (χ3v) is 3.50. The molecule has 0 radical (unpaired) electrons. The number of anilines is 1. The highest BCUT2D eigenvalue weighted by Crippen LogP contribution is 2.16. The summed E-state index contributed by atoms with van der Waals surface area (Å²) in [6, 6.07) is 21.0. The van der Waals surface area contributed by atoms with Crippen LogP contribution >= 0.6 is 0 Å². The Morgan fingerprint density at radius 3 is 2.20 bits per heavy atom. The molecule has 2 rings (SSSR count). The van der Waals surface area contributed by atoms with Crippen LogP contribution in [0.1, 0.15) is 12.0 Å². The van der Waals surface area contributed by atoms with E-state index in [2.05, 4.69) is 72.6 Å². The topological polar surface area (TPSA) is 29.3 Å². The summed E-state index contributed by atoms with van der Waals surface area (Å²) >= 11 is 0. The Bertz CT molecular complexity index is 520. The van der Waals surface area contributed by atoms with E-state index in [1.54, 1.807) is 0 Å². The molecule has 2 aromatic carbocycles. The first-order valence-electron chi connectivity index (χ1n) is 7.01. The van der Waals surface area contributed by atoms with Crippen molar-refractivity contribution in [2.24, 2.45) is 5.73 Å². The van der Waals surface area contributed by atoms with E-state index in [-0.39, 0.29) is 0 Å². The van der Waals surface area contributed by atoms with Crippen molar-refractivity contribution in [1.82, 2.24) is 0 Å². The number of likely N-dealkylation sites (N-methyl/N-ethyl adjacent to an activating group) is 1. The molecule has 0 aliphatic rings. The van der Waals surface area contributed by atoms with Gasteiger partial charge in [0.25, 0.3) is 0 Å². The molecule has 104 valence electrons. The van der Waals surface area contributed by atoms with Gasteiger partial charge in [-0.1, -0.05) is 60.7 Å². The minimum absolute atomic E-state index is 0.317. The Balaban J connectivity index is 1.97. The lowest BCUT2D eigenvalue weighted by atomic mass is 10.1. The van der Waals surface area contributed by atoms with Crippen molar-refractivity contribution >= 4 is 11.8 Å². The molecule has 20 heavy (non-hydrogen) atoms. The van der Waals surface area contributed by atoms with E-state index < -0.39 is 0 Å². The average Bonchev–Trinajstić information content (AvgIpc) is 2.53. The van der Waals surface area contributed by atoms with Crippen LogP contribution in [0.5, 0.6) is 0 Å². The zero-order valence-corrected chi connectivity index (χ0v) is 11.9. The summed E-state index contributed by atoms with van der Waals surface area (Å²) in [6.45, 7) is 0.643. The highest BCUT2D eigenvalue weighted by atomic mass is 15.1. The van der Waals surface area contributed by atoms with Crippen LogP contribution in [0.4, 0.5) is 5.69 Å². The van der Waals surface area contributed by atoms with E-state index >= 15 is 0 Å². The number of para-hydroxylation sites is 1. The Hall–Kier alpha value is -2.06. The largest absolute Gasteiger partial charge is 0.370 e. The van der Waals surface area contributed by atoms with Crippen molar-refractivity contribution in [1.29, 1.82) is 0 Å². The van der Waals surface area contributed by atoms with Crippen LogP contribution < -0.4 is 10.6 Å². The molecule has 0 saturated heterocycles. The summed E-state index contributed by atoms with van der Waals surface area (Å²) in [7, 11) is 2.10. The smallest absolute Gasteiger partial charge is 0.0443 e. The van der Waals surface area contributed by atoms with E-state index in [0.29, 0.717) is 12.6 Å². The third kappa shape index (κ3) is 3.97. The third-order valence-electron chi connectivity index (χ3n) is 3.50. The Kier molecular flexibility index (Phi) is 5.39. The summed E-state index contributed by atoms with van der Waals surface area (Å²) < 4.78 is 0. The van der Waals surface area contributed by atoms with Gasteiger partial charge < -0.3 is 10.6 Å². The molecule has 0 spiro atoms. The van der Waals surface area contributed by atoms with Crippen LogP contribution in [0.3, 0.4) is 0 Å². The predicted molar refractivity (Wildman–Crippen MR) is 87.8 cm³/mol. The summed E-state index contributed by atoms with van der Waals surface area (Å²) in [5, 5.41) is 0. The van der Waals surface area contributed by atoms with E-state index in [4.69, 9.17) is 5.73 Å². The average molecular weight is 266 g/mol. The summed E-state index contributed by atoms with van der Waals surface area (Å²) in [4.78, 5) is 2.25. The number of benzene rings is 2. The van der Waals surface area contributed by atoms with Gasteiger partial charge in [0.05, 0.1) is 0 Å². The first kappa shape index (κ1) is 14.4. The zero-order valence-electron chi connectivity index (χ0n) is 11.9. The van der Waals surface area contributed by atoms with E-state index in [1.807, 2.05) is 12.1 Å². The van der Waals surface area contributed by atoms with E-state index in [0.717, 1.165) is 6.42 Å². The molecule has 2 aromatic rings. The Labute approximate surface area is 121 Å². The van der Waals surface area contributed by atoms with Crippen LogP contribution in [0.15, 0.2) is 66.7 Å². The molecule has 2 heteroatoms. The Morgan fingerprint density at radius 1 is 1.00 bits per heavy atom. The van der Waals surface area contributed by atoms with E-state index in [9.17, 15) is 0 Å². The predicted octanol–water partition coefficient (Wildman–Crippen LogP) is 3.55. The lowest BCUT2D eigenvalue weighted by Gasteiger charge is -2.28. The van der Waals surface area contributed by atoms with Gasteiger partial charge in [0.1, 0.15) is 0 Å². The fourth-order valence-corrected chi connectivity index (χ4v) is 2.21. The molecule has 1 unspecified atom stereocenters. The molecule has 0 saturated carbocycles. The summed E-state index contributed by atoms with van der Waals surface area (Å²) in [5.74, 6) is 0. The Morgan fingerprint density at radius 2 is 1.60 bits per heavy atom. The number of hydrogen-bond donors (Lipinski definition) is 1. The molecule has 0 amide bonds. The van der Waals surface area contributed by atoms with E-state index in [1.165, 1.54) is 11.3 Å². The maximum absolute atomic E-state index is 5.91. The number of hydrogen-bond acceptors (Lipinski definition) is 2. The lowest BCUT2D eigenvalue weighted by Crippen LogP contribution is -2.37. The second-order valence-electron chi connectivity index (χ2n) is 4.88. The zero-order chi connectivity index (χ0) is 14.2. The van der Waals surface area contributed by atoms with Crippen LogP contribution in [-0.2, 0) is 0 Å². The molecule has 2 nitrogen and oxygen atoms in total. The van der Waals surface area contributed by atoms with Crippen LogP contribution in [0.2, 0.25) is 0 Å². The quantitative estimate of drug-likeness (QED) is 0.866. The van der Waals surface area contributed by atoms with Gasteiger partial charge in [-0.15, -0.1) is 0 Å². The van der Waals surface area contributed by atoms with Gasteiger partial charge in [-0.2, -0.15) is 0 Å². The highest BCUT2D eigenvalue weighted by Gasteiger charge is 2.11. The molecule has 0 aliphatic carbocycles. The van der Waals surface area contributed by atoms with Crippen molar-refractivity contribution in [3.8, 4) is 0 Å². The van der Waals surface area contributed by atoms with Crippen molar-refractivity contribution in [3.05, 3.63) is 72.3 Å². The first-order chi connectivity index (χ1) is 9.81. The maximum Gasteiger partial charge on any atom is 0.0443 e. The van der Waals surface area contributed by atoms with Gasteiger partial charge in [-0.05, 0) is 24.1 Å². The summed E-state index contributed by atoms with van der Waals surface area (Å²) in [6.07, 6.45) is 5.30. The molecule has 0 aliphatic heterocycles. The number of nitrogens with zero attached hydrogens (tertiary/aromatic N) is 1. The minimum Gasteiger partial charge on any atom is -0.370 e. The SMILES string of the molecule is CN(c1ccccc1)C(CN)C/C=C\c1ccccc1. The lowest BCUT2D eigenvalue weighted by molar-refractivity contribution is 0.647. The number of rotatable bonds is 6. The van der Waals surface area contributed by atoms with Crippen molar-refractivity contribution in [2.75, 3.05) is 18.5 Å². The molecule has 0 fully saturated rings. The number of nitrogens with two attached hydrogens (primary N) is 1. The molecular weight excluding hydrogens is 244 g/mol. The van der Waals surface area contributed by atoms with Crippen molar-refractivity contribution in [3.63, 3.8) is 0 Å². The van der Waals surface area contributed by atoms with Crippen LogP contribution in [0, 0.1) is 0 Å². The van der Waals surface area contributed by atoms with Gasteiger partial charge in [0.15, 0.2) is 0 Å². The second kappa shape index (κ2) is 7.51. The van der Waals surface area contributed by atoms with Gasteiger partial charge in [-0.3, -0.25) is 0 Å². The summed E-state index contributed by atoms with van der Waals surface area (Å²) in [5.41, 5.74) is 8.35. The van der Waals surface area contributed by atoms with Crippen molar-refractivity contribution < 1.29 is 0 Å². The minimum atomic E-state index is 0.317. The van der Waals surface area contributed by atoms with Crippen LogP contribution in [0.25, 0.3) is 6.08 Å². The highest BCUT2D eigenvalue weighted by molar-refractivity contribution is 5.50. The molecule has 0 aromatic heterocycles. The maximum atomic E-state index is 5.91. The van der Waals surface area contributed by atoms with Gasteiger partial charge in [0, 0.05) is 25.3 Å². The molecule has 0 heterocycles. The standard InChI is InChI=1S/C18H22N2/c1-20(17-12-6-3-7-13-17)18(15-19)14-8-11-16-9-4-2-5-10-16/h2-13,18H,14-15,19H2,1H3/b11-8-. The van der Waals surface area contributed by atoms with Crippen LogP contribution in [-0.4, -0.2) is 19.6 Å².